The van der Waals surface area contributed by atoms with Crippen molar-refractivity contribution < 1.29 is 4.79 Å². The molecule has 2 N–H and O–H groups in total. The molecule has 6 heteroatoms. The SMILES string of the molecule is CN(C)c1ncc(C(=O)NCc2ccccc2)c(=O)[nH]1. The van der Waals surface area contributed by atoms with Gasteiger partial charge in [0, 0.05) is 26.8 Å². The number of H-pyrrole nitrogens is 1. The van der Waals surface area contributed by atoms with Crippen LogP contribution in [-0.4, -0.2) is 30.0 Å². The minimum Gasteiger partial charge on any atom is -0.348 e. The first kappa shape index (κ1) is 13.8. The summed E-state index contributed by atoms with van der Waals surface area (Å²) in [6, 6.07) is 9.49. The summed E-state index contributed by atoms with van der Waals surface area (Å²) in [5, 5.41) is 2.69. The molecule has 0 saturated heterocycles. The minimum absolute atomic E-state index is 0.00605. The van der Waals surface area contributed by atoms with Crippen molar-refractivity contribution in [2.24, 2.45) is 0 Å². The third-order valence-electron chi connectivity index (χ3n) is 2.75. The molecule has 0 aliphatic carbocycles. The van der Waals surface area contributed by atoms with Crippen molar-refractivity contribution in [2.75, 3.05) is 19.0 Å². The third-order valence-corrected chi connectivity index (χ3v) is 2.75. The number of hydrogen-bond acceptors (Lipinski definition) is 4. The Bertz CT molecular complexity index is 650. The Morgan fingerprint density at radius 3 is 2.60 bits per heavy atom. The lowest BCUT2D eigenvalue weighted by Crippen LogP contribution is -2.30. The molecule has 1 amide bonds. The van der Waals surface area contributed by atoms with Gasteiger partial charge in [0.15, 0.2) is 0 Å². The summed E-state index contributed by atoms with van der Waals surface area (Å²) in [6.45, 7) is 0.370. The van der Waals surface area contributed by atoms with E-state index in [1.807, 2.05) is 30.3 Å². The average molecular weight is 272 g/mol. The fraction of sp³-hybridized carbons (Fsp3) is 0.214. The number of hydrogen-bond donors (Lipinski definition) is 2. The van der Waals surface area contributed by atoms with Gasteiger partial charge in [0.25, 0.3) is 11.5 Å². The van der Waals surface area contributed by atoms with Gasteiger partial charge in [-0.2, -0.15) is 0 Å². The molecule has 0 spiro atoms. The first-order valence-corrected chi connectivity index (χ1v) is 6.16. The molecule has 2 rings (SSSR count). The van der Waals surface area contributed by atoms with E-state index in [1.165, 1.54) is 6.20 Å². The summed E-state index contributed by atoms with van der Waals surface area (Å²) in [7, 11) is 3.51. The minimum atomic E-state index is -0.450. The molecule has 1 aromatic heterocycles. The Labute approximate surface area is 116 Å². The van der Waals surface area contributed by atoms with Crippen molar-refractivity contribution in [3.8, 4) is 0 Å². The van der Waals surface area contributed by atoms with E-state index >= 15 is 0 Å². The van der Waals surface area contributed by atoms with Crippen LogP contribution in [0.1, 0.15) is 15.9 Å². The lowest BCUT2D eigenvalue weighted by atomic mass is 10.2. The second-order valence-corrected chi connectivity index (χ2v) is 4.51. The topological polar surface area (TPSA) is 78.1 Å². The number of benzene rings is 1. The fourth-order valence-electron chi connectivity index (χ4n) is 1.65. The van der Waals surface area contributed by atoms with Crippen LogP contribution in [0.4, 0.5) is 5.95 Å². The van der Waals surface area contributed by atoms with Gasteiger partial charge < -0.3 is 10.2 Å². The van der Waals surface area contributed by atoms with Gasteiger partial charge in [-0.25, -0.2) is 4.98 Å². The second kappa shape index (κ2) is 6.01. The van der Waals surface area contributed by atoms with Crippen LogP contribution >= 0.6 is 0 Å². The van der Waals surface area contributed by atoms with E-state index in [0.717, 1.165) is 5.56 Å². The lowest BCUT2D eigenvalue weighted by molar-refractivity contribution is 0.0949. The molecule has 0 aliphatic heterocycles. The van der Waals surface area contributed by atoms with Gasteiger partial charge in [-0.3, -0.25) is 14.6 Å². The molecule has 0 radical (unpaired) electrons. The van der Waals surface area contributed by atoms with Crippen molar-refractivity contribution in [3.05, 3.63) is 58.0 Å². The van der Waals surface area contributed by atoms with Crippen LogP contribution in [0.5, 0.6) is 0 Å². The van der Waals surface area contributed by atoms with E-state index in [0.29, 0.717) is 12.5 Å². The molecule has 1 aromatic carbocycles. The molecule has 104 valence electrons. The molecule has 1 heterocycles. The van der Waals surface area contributed by atoms with Crippen LogP contribution in [-0.2, 0) is 6.54 Å². The zero-order valence-corrected chi connectivity index (χ0v) is 11.4. The van der Waals surface area contributed by atoms with Gasteiger partial charge in [-0.1, -0.05) is 30.3 Å². The Balaban J connectivity index is 2.08. The van der Waals surface area contributed by atoms with E-state index in [9.17, 15) is 9.59 Å². The van der Waals surface area contributed by atoms with Gasteiger partial charge in [-0.05, 0) is 5.56 Å². The summed E-state index contributed by atoms with van der Waals surface area (Å²) in [6.07, 6.45) is 1.29. The van der Waals surface area contributed by atoms with Gasteiger partial charge in [0.1, 0.15) is 5.56 Å². The van der Waals surface area contributed by atoms with E-state index in [-0.39, 0.29) is 5.56 Å². The monoisotopic (exact) mass is 272 g/mol. The number of amides is 1. The van der Waals surface area contributed by atoms with Crippen molar-refractivity contribution in [3.63, 3.8) is 0 Å². The normalized spacial score (nSPS) is 10.1. The summed E-state index contributed by atoms with van der Waals surface area (Å²) in [5.41, 5.74) is 0.524. The van der Waals surface area contributed by atoms with Gasteiger partial charge in [0.2, 0.25) is 5.95 Å². The molecule has 0 fully saturated rings. The number of carbonyl (C=O) groups is 1. The molecule has 20 heavy (non-hydrogen) atoms. The Kier molecular flexibility index (Phi) is 4.14. The molecule has 2 aromatic rings. The highest BCUT2D eigenvalue weighted by Gasteiger charge is 2.12. The van der Waals surface area contributed by atoms with E-state index in [2.05, 4.69) is 15.3 Å². The quantitative estimate of drug-likeness (QED) is 0.861. The van der Waals surface area contributed by atoms with Crippen LogP contribution in [0.25, 0.3) is 0 Å². The van der Waals surface area contributed by atoms with Crippen LogP contribution < -0.4 is 15.8 Å². The molecule has 6 nitrogen and oxygen atoms in total. The Morgan fingerprint density at radius 1 is 1.30 bits per heavy atom. The summed E-state index contributed by atoms with van der Waals surface area (Å²) in [5.74, 6) is -0.0254. The molecular formula is C14H16N4O2. The highest BCUT2D eigenvalue weighted by molar-refractivity contribution is 5.93. The van der Waals surface area contributed by atoms with E-state index < -0.39 is 11.5 Å². The molecule has 0 bridgehead atoms. The number of anilines is 1. The van der Waals surface area contributed by atoms with Crippen LogP contribution in [0.2, 0.25) is 0 Å². The summed E-state index contributed by atoms with van der Waals surface area (Å²) in [4.78, 5) is 32.0. The number of aromatic amines is 1. The van der Waals surface area contributed by atoms with Crippen molar-refractivity contribution in [2.45, 2.75) is 6.54 Å². The van der Waals surface area contributed by atoms with Gasteiger partial charge >= 0.3 is 0 Å². The number of aromatic nitrogens is 2. The second-order valence-electron chi connectivity index (χ2n) is 4.51. The molecular weight excluding hydrogens is 256 g/mol. The molecule has 0 atom stereocenters. The van der Waals surface area contributed by atoms with Gasteiger partial charge in [-0.15, -0.1) is 0 Å². The largest absolute Gasteiger partial charge is 0.348 e. The highest BCUT2D eigenvalue weighted by atomic mass is 16.2. The smallest absolute Gasteiger partial charge is 0.265 e. The van der Waals surface area contributed by atoms with E-state index in [4.69, 9.17) is 0 Å². The number of rotatable bonds is 4. The van der Waals surface area contributed by atoms with Crippen molar-refractivity contribution in [1.29, 1.82) is 0 Å². The van der Waals surface area contributed by atoms with Crippen molar-refractivity contribution in [1.82, 2.24) is 15.3 Å². The highest BCUT2D eigenvalue weighted by Crippen LogP contribution is 2.00. The molecule has 0 unspecified atom stereocenters. The molecule has 0 aliphatic rings. The fourth-order valence-corrected chi connectivity index (χ4v) is 1.65. The maximum Gasteiger partial charge on any atom is 0.265 e. The Morgan fingerprint density at radius 2 is 2.00 bits per heavy atom. The predicted octanol–water partition coefficient (Wildman–Crippen LogP) is 0.766. The average Bonchev–Trinajstić information content (AvgIpc) is 2.45. The standard InChI is InChI=1S/C14H16N4O2/c1-18(2)14-16-9-11(13(20)17-14)12(19)15-8-10-6-4-3-5-7-10/h3-7,9H,8H2,1-2H3,(H,15,19)(H,16,17,20). The first-order chi connectivity index (χ1) is 9.58. The number of carbonyl (C=O) groups excluding carboxylic acids is 1. The third kappa shape index (κ3) is 3.23. The summed E-state index contributed by atoms with van der Waals surface area (Å²) < 4.78 is 0. The lowest BCUT2D eigenvalue weighted by Gasteiger charge is -2.10. The zero-order chi connectivity index (χ0) is 14.5. The van der Waals surface area contributed by atoms with Crippen LogP contribution in [0.15, 0.2) is 41.3 Å². The van der Waals surface area contributed by atoms with Crippen LogP contribution in [0.3, 0.4) is 0 Å². The number of nitrogens with one attached hydrogen (secondary N) is 2. The molecule has 0 saturated carbocycles. The number of nitrogens with zero attached hydrogens (tertiary/aromatic N) is 2. The summed E-state index contributed by atoms with van der Waals surface area (Å²) >= 11 is 0. The van der Waals surface area contributed by atoms with Crippen molar-refractivity contribution >= 4 is 11.9 Å². The maximum atomic E-state index is 11.9. The van der Waals surface area contributed by atoms with Gasteiger partial charge in [0.05, 0.1) is 0 Å². The van der Waals surface area contributed by atoms with Crippen LogP contribution in [0, 0.1) is 0 Å². The first-order valence-electron chi connectivity index (χ1n) is 6.16. The zero-order valence-electron chi connectivity index (χ0n) is 11.4. The Hall–Kier alpha value is -2.63. The maximum absolute atomic E-state index is 11.9. The van der Waals surface area contributed by atoms with E-state index in [1.54, 1.807) is 19.0 Å². The predicted molar refractivity (Wildman–Crippen MR) is 76.8 cm³/mol.